The normalized spacial score (nSPS) is 17.0. The molecule has 2 aromatic carbocycles. The molecule has 0 aromatic heterocycles. The van der Waals surface area contributed by atoms with E-state index in [1.54, 1.807) is 18.2 Å². The number of hydrogen-bond acceptors (Lipinski definition) is 3. The van der Waals surface area contributed by atoms with Crippen LogP contribution < -0.4 is 11.1 Å². The molecular formula is C17H18N2O2. The maximum atomic E-state index is 12.3. The molecule has 1 amide bonds. The van der Waals surface area contributed by atoms with Crippen LogP contribution in [0.15, 0.2) is 42.5 Å². The molecule has 0 saturated heterocycles. The molecule has 0 radical (unpaired) electrons. The summed E-state index contributed by atoms with van der Waals surface area (Å²) in [4.78, 5) is 12.3. The second kappa shape index (κ2) is 5.48. The van der Waals surface area contributed by atoms with Gasteiger partial charge in [-0.1, -0.05) is 30.3 Å². The van der Waals surface area contributed by atoms with Crippen LogP contribution in [0, 0.1) is 0 Å². The number of phenolic OH excluding ortho intramolecular Hbond substituents is 1. The zero-order valence-electron chi connectivity index (χ0n) is 11.7. The van der Waals surface area contributed by atoms with Crippen molar-refractivity contribution < 1.29 is 9.90 Å². The SMILES string of the molecule is Nc1cccc(C(=O)NC2CCc3ccccc3C2)c1O. The number of anilines is 1. The lowest BCUT2D eigenvalue weighted by Crippen LogP contribution is -2.38. The number of aromatic hydroxyl groups is 1. The molecule has 2 aromatic rings. The van der Waals surface area contributed by atoms with E-state index in [1.807, 2.05) is 12.1 Å². The highest BCUT2D eigenvalue weighted by atomic mass is 16.3. The maximum absolute atomic E-state index is 12.3. The van der Waals surface area contributed by atoms with Crippen LogP contribution in [0.5, 0.6) is 5.75 Å². The summed E-state index contributed by atoms with van der Waals surface area (Å²) in [6.07, 6.45) is 2.70. The van der Waals surface area contributed by atoms with Gasteiger partial charge in [0.05, 0.1) is 11.3 Å². The molecule has 1 atom stereocenters. The number of phenols is 1. The summed E-state index contributed by atoms with van der Waals surface area (Å²) in [6, 6.07) is 13.2. The summed E-state index contributed by atoms with van der Waals surface area (Å²) < 4.78 is 0. The number of nitrogens with two attached hydrogens (primary N) is 1. The van der Waals surface area contributed by atoms with Gasteiger partial charge in [-0.25, -0.2) is 0 Å². The van der Waals surface area contributed by atoms with Crippen molar-refractivity contribution in [3.63, 3.8) is 0 Å². The first-order valence-electron chi connectivity index (χ1n) is 7.10. The standard InChI is InChI=1S/C17H18N2O2/c18-15-7-3-6-14(16(15)20)17(21)19-13-9-8-11-4-1-2-5-12(11)10-13/h1-7,13,20H,8-10,18H2,(H,19,21). The first-order chi connectivity index (χ1) is 10.1. The highest BCUT2D eigenvalue weighted by Crippen LogP contribution is 2.25. The number of amides is 1. The van der Waals surface area contributed by atoms with E-state index in [1.165, 1.54) is 11.1 Å². The van der Waals surface area contributed by atoms with E-state index >= 15 is 0 Å². The van der Waals surface area contributed by atoms with E-state index in [0.717, 1.165) is 19.3 Å². The van der Waals surface area contributed by atoms with E-state index in [0.29, 0.717) is 0 Å². The van der Waals surface area contributed by atoms with Crippen LogP contribution in [0.1, 0.15) is 27.9 Å². The monoisotopic (exact) mass is 282 g/mol. The summed E-state index contributed by atoms with van der Waals surface area (Å²) in [6.45, 7) is 0. The Kier molecular flexibility index (Phi) is 3.52. The van der Waals surface area contributed by atoms with Crippen molar-refractivity contribution >= 4 is 11.6 Å². The smallest absolute Gasteiger partial charge is 0.255 e. The number of nitrogens with one attached hydrogen (secondary N) is 1. The van der Waals surface area contributed by atoms with E-state index in [-0.39, 0.29) is 28.9 Å². The molecule has 4 N–H and O–H groups in total. The molecular weight excluding hydrogens is 264 g/mol. The molecule has 0 spiro atoms. The van der Waals surface area contributed by atoms with Crippen LogP contribution in [-0.2, 0) is 12.8 Å². The predicted molar refractivity (Wildman–Crippen MR) is 82.2 cm³/mol. The molecule has 1 aliphatic carbocycles. The summed E-state index contributed by atoms with van der Waals surface area (Å²) >= 11 is 0. The minimum absolute atomic E-state index is 0.0910. The molecule has 108 valence electrons. The number of aryl methyl sites for hydroxylation is 1. The zero-order chi connectivity index (χ0) is 14.8. The molecule has 0 heterocycles. The second-order valence-corrected chi connectivity index (χ2v) is 5.43. The van der Waals surface area contributed by atoms with Crippen LogP contribution in [-0.4, -0.2) is 17.1 Å². The summed E-state index contributed by atoms with van der Waals surface area (Å²) in [7, 11) is 0. The van der Waals surface area contributed by atoms with Crippen molar-refractivity contribution in [2.24, 2.45) is 0 Å². The van der Waals surface area contributed by atoms with Gasteiger partial charge in [-0.05, 0) is 42.5 Å². The molecule has 3 rings (SSSR count). The third kappa shape index (κ3) is 2.70. The highest BCUT2D eigenvalue weighted by Gasteiger charge is 2.21. The molecule has 1 aliphatic rings. The minimum Gasteiger partial charge on any atom is -0.505 e. The van der Waals surface area contributed by atoms with Gasteiger partial charge in [-0.3, -0.25) is 4.79 Å². The number of carbonyl (C=O) groups excluding carboxylic acids is 1. The number of fused-ring (bicyclic) bond motifs is 1. The third-order valence-electron chi connectivity index (χ3n) is 3.99. The highest BCUT2D eigenvalue weighted by molar-refractivity contribution is 5.98. The van der Waals surface area contributed by atoms with Gasteiger partial charge in [0, 0.05) is 6.04 Å². The van der Waals surface area contributed by atoms with E-state index < -0.39 is 0 Å². The summed E-state index contributed by atoms with van der Waals surface area (Å²) in [5.41, 5.74) is 8.71. The van der Waals surface area contributed by atoms with Crippen molar-refractivity contribution in [1.29, 1.82) is 0 Å². The third-order valence-corrected chi connectivity index (χ3v) is 3.99. The quantitative estimate of drug-likeness (QED) is 0.584. The second-order valence-electron chi connectivity index (χ2n) is 5.43. The Morgan fingerprint density at radius 2 is 1.90 bits per heavy atom. The van der Waals surface area contributed by atoms with E-state index in [9.17, 15) is 9.90 Å². The van der Waals surface area contributed by atoms with Crippen molar-refractivity contribution in [2.75, 3.05) is 5.73 Å². The number of benzene rings is 2. The van der Waals surface area contributed by atoms with Crippen molar-refractivity contribution in [3.05, 3.63) is 59.2 Å². The van der Waals surface area contributed by atoms with Gasteiger partial charge in [-0.2, -0.15) is 0 Å². The van der Waals surface area contributed by atoms with Crippen LogP contribution in [0.25, 0.3) is 0 Å². The van der Waals surface area contributed by atoms with Crippen LogP contribution >= 0.6 is 0 Å². The topological polar surface area (TPSA) is 75.4 Å². The molecule has 4 nitrogen and oxygen atoms in total. The average molecular weight is 282 g/mol. The Morgan fingerprint density at radius 1 is 1.14 bits per heavy atom. The minimum atomic E-state index is -0.274. The fraction of sp³-hybridized carbons (Fsp3) is 0.235. The van der Waals surface area contributed by atoms with Gasteiger partial charge in [0.1, 0.15) is 0 Å². The number of nitrogen functional groups attached to an aromatic ring is 1. The molecule has 0 bridgehead atoms. The Balaban J connectivity index is 1.73. The van der Waals surface area contributed by atoms with Crippen LogP contribution in [0.3, 0.4) is 0 Å². The van der Waals surface area contributed by atoms with Gasteiger partial charge in [0.15, 0.2) is 5.75 Å². The molecule has 1 unspecified atom stereocenters. The summed E-state index contributed by atoms with van der Waals surface area (Å²) in [5.74, 6) is -0.421. The Morgan fingerprint density at radius 3 is 2.71 bits per heavy atom. The van der Waals surface area contributed by atoms with Gasteiger partial charge in [-0.15, -0.1) is 0 Å². The molecule has 4 heteroatoms. The maximum Gasteiger partial charge on any atom is 0.255 e. The number of para-hydroxylation sites is 1. The van der Waals surface area contributed by atoms with Gasteiger partial charge in [0.25, 0.3) is 5.91 Å². The molecule has 0 saturated carbocycles. The Hall–Kier alpha value is -2.49. The van der Waals surface area contributed by atoms with Crippen LogP contribution in [0.4, 0.5) is 5.69 Å². The number of hydrogen-bond donors (Lipinski definition) is 3. The Labute approximate surface area is 123 Å². The van der Waals surface area contributed by atoms with Gasteiger partial charge in [0.2, 0.25) is 0 Å². The first-order valence-corrected chi connectivity index (χ1v) is 7.10. The molecule has 21 heavy (non-hydrogen) atoms. The number of carbonyl (C=O) groups is 1. The van der Waals surface area contributed by atoms with Crippen molar-refractivity contribution in [2.45, 2.75) is 25.3 Å². The van der Waals surface area contributed by atoms with Gasteiger partial charge < -0.3 is 16.2 Å². The fourth-order valence-electron chi connectivity index (χ4n) is 2.83. The van der Waals surface area contributed by atoms with Crippen LogP contribution in [0.2, 0.25) is 0 Å². The van der Waals surface area contributed by atoms with Crippen molar-refractivity contribution in [3.8, 4) is 5.75 Å². The zero-order valence-corrected chi connectivity index (χ0v) is 11.7. The Bertz CT molecular complexity index is 682. The lowest BCUT2D eigenvalue weighted by Gasteiger charge is -2.25. The predicted octanol–water partition coefficient (Wildman–Crippen LogP) is 2.26. The van der Waals surface area contributed by atoms with E-state index in [4.69, 9.17) is 5.73 Å². The summed E-state index contributed by atoms with van der Waals surface area (Å²) in [5, 5.41) is 12.9. The lowest BCUT2D eigenvalue weighted by atomic mass is 9.88. The fourth-order valence-corrected chi connectivity index (χ4v) is 2.83. The first kappa shape index (κ1) is 13.5. The van der Waals surface area contributed by atoms with Gasteiger partial charge >= 0.3 is 0 Å². The van der Waals surface area contributed by atoms with E-state index in [2.05, 4.69) is 17.4 Å². The number of rotatable bonds is 2. The molecule has 0 aliphatic heterocycles. The average Bonchev–Trinajstić information content (AvgIpc) is 2.50. The lowest BCUT2D eigenvalue weighted by molar-refractivity contribution is 0.0931. The van der Waals surface area contributed by atoms with Crippen molar-refractivity contribution in [1.82, 2.24) is 5.32 Å². The molecule has 0 fully saturated rings. The largest absolute Gasteiger partial charge is 0.505 e.